The summed E-state index contributed by atoms with van der Waals surface area (Å²) in [6.07, 6.45) is -0.0856. The minimum Gasteiger partial charge on any atom is -0.281 e. The number of halogens is 4. The summed E-state index contributed by atoms with van der Waals surface area (Å²) in [4.78, 5) is 44.7. The molecule has 8 heteroatoms. The SMILES string of the molecule is CCC(C(=O)Cl)C(C(=O)Cl)(C(=O)Cl)C(=O)Cl. The van der Waals surface area contributed by atoms with Crippen molar-refractivity contribution in [3.8, 4) is 0 Å². The third-order valence-electron chi connectivity index (χ3n) is 2.14. The van der Waals surface area contributed by atoms with Gasteiger partial charge >= 0.3 is 0 Å². The van der Waals surface area contributed by atoms with Crippen LogP contribution in [0.1, 0.15) is 13.3 Å². The Balaban J connectivity index is 5.88. The minimum absolute atomic E-state index is 0.0856. The Bertz CT molecular complexity index is 316. The predicted molar refractivity (Wildman–Crippen MR) is 59.7 cm³/mol. The summed E-state index contributed by atoms with van der Waals surface area (Å²) in [5, 5.41) is -5.35. The number of carbonyl (C=O) groups excluding carboxylic acids is 4. The summed E-state index contributed by atoms with van der Waals surface area (Å²) in [6.45, 7) is 1.43. The maximum Gasteiger partial charge on any atom is 0.246 e. The minimum atomic E-state index is -2.61. The molecule has 16 heavy (non-hydrogen) atoms. The lowest BCUT2D eigenvalue weighted by molar-refractivity contribution is -0.146. The van der Waals surface area contributed by atoms with Gasteiger partial charge in [-0.3, -0.25) is 19.2 Å². The second-order valence-corrected chi connectivity index (χ2v) is 4.30. The van der Waals surface area contributed by atoms with Crippen molar-refractivity contribution in [2.45, 2.75) is 13.3 Å². The normalized spacial score (nSPS) is 13.1. The molecule has 0 rings (SSSR count). The zero-order valence-corrected chi connectivity index (χ0v) is 11.0. The first kappa shape index (κ1) is 15.8. The second-order valence-electron chi connectivity index (χ2n) is 2.89. The van der Waals surface area contributed by atoms with Crippen LogP contribution >= 0.6 is 46.4 Å². The Morgan fingerprint density at radius 2 is 1.25 bits per heavy atom. The van der Waals surface area contributed by atoms with E-state index in [1.807, 2.05) is 0 Å². The molecule has 0 saturated heterocycles. The van der Waals surface area contributed by atoms with Gasteiger partial charge in [-0.2, -0.15) is 0 Å². The topological polar surface area (TPSA) is 68.3 Å². The lowest BCUT2D eigenvalue weighted by atomic mass is 9.77. The van der Waals surface area contributed by atoms with Gasteiger partial charge in [0.25, 0.3) is 0 Å². The standard InChI is InChI=1S/C8H6Cl4O4/c1-2-3(4(9)13)8(5(10)14,6(11)15)7(12)16/h3H,2H2,1H3. The monoisotopic (exact) mass is 306 g/mol. The van der Waals surface area contributed by atoms with Gasteiger partial charge in [0.05, 0.1) is 5.92 Å². The fourth-order valence-corrected chi connectivity index (χ4v) is 2.65. The van der Waals surface area contributed by atoms with E-state index in [2.05, 4.69) is 0 Å². The molecule has 4 nitrogen and oxygen atoms in total. The van der Waals surface area contributed by atoms with Crippen molar-refractivity contribution >= 4 is 67.4 Å². The lowest BCUT2D eigenvalue weighted by Gasteiger charge is -2.27. The molecular weight excluding hydrogens is 302 g/mol. The predicted octanol–water partition coefficient (Wildman–Crippen LogP) is 2.06. The van der Waals surface area contributed by atoms with Crippen molar-refractivity contribution in [1.29, 1.82) is 0 Å². The Kier molecular flexibility index (Phi) is 5.90. The molecule has 0 radical (unpaired) electrons. The van der Waals surface area contributed by atoms with Crippen LogP contribution in [0.2, 0.25) is 0 Å². The highest BCUT2D eigenvalue weighted by molar-refractivity contribution is 6.84. The molecule has 0 heterocycles. The van der Waals surface area contributed by atoms with Crippen LogP contribution in [0, 0.1) is 11.3 Å². The van der Waals surface area contributed by atoms with Gasteiger partial charge in [-0.15, -0.1) is 0 Å². The largest absolute Gasteiger partial charge is 0.281 e. The molecule has 0 fully saturated rings. The van der Waals surface area contributed by atoms with Gasteiger partial charge in [-0.1, -0.05) is 6.92 Å². The van der Waals surface area contributed by atoms with E-state index in [-0.39, 0.29) is 6.42 Å². The first-order valence-electron chi connectivity index (χ1n) is 4.02. The molecule has 1 atom stereocenters. The second kappa shape index (κ2) is 5.96. The van der Waals surface area contributed by atoms with Crippen LogP contribution in [0.25, 0.3) is 0 Å². The number of carbonyl (C=O) groups is 4. The van der Waals surface area contributed by atoms with E-state index < -0.39 is 32.3 Å². The highest BCUT2D eigenvalue weighted by Crippen LogP contribution is 2.39. The van der Waals surface area contributed by atoms with Gasteiger partial charge in [-0.05, 0) is 52.8 Å². The van der Waals surface area contributed by atoms with Crippen molar-refractivity contribution < 1.29 is 19.2 Å². The van der Waals surface area contributed by atoms with E-state index in [9.17, 15) is 19.2 Å². The van der Waals surface area contributed by atoms with Gasteiger partial charge in [0, 0.05) is 0 Å². The van der Waals surface area contributed by atoms with Crippen LogP contribution in [-0.2, 0) is 19.2 Å². The van der Waals surface area contributed by atoms with Crippen LogP contribution in [0.4, 0.5) is 0 Å². The van der Waals surface area contributed by atoms with Crippen molar-refractivity contribution in [3.63, 3.8) is 0 Å². The first-order valence-corrected chi connectivity index (χ1v) is 5.53. The van der Waals surface area contributed by atoms with Crippen molar-refractivity contribution in [1.82, 2.24) is 0 Å². The fourth-order valence-electron chi connectivity index (χ4n) is 1.28. The van der Waals surface area contributed by atoms with Crippen LogP contribution in [0.5, 0.6) is 0 Å². The quantitative estimate of drug-likeness (QED) is 0.556. The smallest absolute Gasteiger partial charge is 0.246 e. The molecule has 0 saturated carbocycles. The molecule has 90 valence electrons. The van der Waals surface area contributed by atoms with Crippen LogP contribution < -0.4 is 0 Å². The van der Waals surface area contributed by atoms with Gasteiger partial charge < -0.3 is 0 Å². The van der Waals surface area contributed by atoms with Crippen LogP contribution in [-0.4, -0.2) is 21.0 Å². The van der Waals surface area contributed by atoms with Gasteiger partial charge in [0.1, 0.15) is 0 Å². The molecule has 0 aliphatic rings. The molecule has 0 aromatic heterocycles. The molecule has 0 aliphatic carbocycles. The molecule has 0 spiro atoms. The molecule has 1 unspecified atom stereocenters. The van der Waals surface area contributed by atoms with Gasteiger partial charge in [0.2, 0.25) is 26.4 Å². The molecular formula is C8H6Cl4O4. The van der Waals surface area contributed by atoms with E-state index in [1.165, 1.54) is 6.92 Å². The van der Waals surface area contributed by atoms with Crippen LogP contribution in [0.3, 0.4) is 0 Å². The third-order valence-corrected chi connectivity index (χ3v) is 3.29. The van der Waals surface area contributed by atoms with E-state index in [0.29, 0.717) is 0 Å². The number of hydrogen-bond donors (Lipinski definition) is 0. The summed E-state index contributed by atoms with van der Waals surface area (Å²) in [5.41, 5.74) is -2.61. The van der Waals surface area contributed by atoms with Crippen molar-refractivity contribution in [3.05, 3.63) is 0 Å². The van der Waals surface area contributed by atoms with E-state index in [0.717, 1.165) is 0 Å². The molecule has 0 aromatic carbocycles. The summed E-state index contributed by atoms with van der Waals surface area (Å²) in [6, 6.07) is 0. The number of rotatable bonds is 6. The highest BCUT2D eigenvalue weighted by atomic mass is 35.5. The van der Waals surface area contributed by atoms with Crippen molar-refractivity contribution in [2.24, 2.45) is 11.3 Å². The van der Waals surface area contributed by atoms with Gasteiger partial charge in [0.15, 0.2) is 0 Å². The maximum absolute atomic E-state index is 11.2. The number of hydrogen-bond acceptors (Lipinski definition) is 4. The van der Waals surface area contributed by atoms with E-state index in [1.54, 1.807) is 0 Å². The molecule has 0 N–H and O–H groups in total. The molecule has 0 bridgehead atoms. The Hall–Kier alpha value is -0.160. The van der Waals surface area contributed by atoms with E-state index in [4.69, 9.17) is 46.4 Å². The van der Waals surface area contributed by atoms with E-state index >= 15 is 0 Å². The summed E-state index contributed by atoms with van der Waals surface area (Å²) in [7, 11) is 0. The van der Waals surface area contributed by atoms with Crippen LogP contribution in [0.15, 0.2) is 0 Å². The summed E-state index contributed by atoms with van der Waals surface area (Å²) >= 11 is 20.6. The zero-order chi connectivity index (χ0) is 13.1. The lowest BCUT2D eigenvalue weighted by Crippen LogP contribution is -2.48. The molecule has 0 amide bonds. The molecule has 0 aliphatic heterocycles. The highest BCUT2D eigenvalue weighted by Gasteiger charge is 2.58. The Morgan fingerprint density at radius 3 is 1.31 bits per heavy atom. The van der Waals surface area contributed by atoms with Gasteiger partial charge in [-0.25, -0.2) is 0 Å². The summed E-state index contributed by atoms with van der Waals surface area (Å²) < 4.78 is 0. The average Bonchev–Trinajstić information content (AvgIpc) is 2.10. The zero-order valence-electron chi connectivity index (χ0n) is 7.93. The Morgan fingerprint density at radius 1 is 0.938 bits per heavy atom. The maximum atomic E-state index is 11.2. The molecule has 0 aromatic rings. The van der Waals surface area contributed by atoms with Crippen molar-refractivity contribution in [2.75, 3.05) is 0 Å². The Labute approximate surface area is 111 Å². The first-order chi connectivity index (χ1) is 7.22. The third kappa shape index (κ3) is 2.56. The summed E-state index contributed by atoms with van der Waals surface area (Å²) in [5.74, 6) is -1.48. The average molecular weight is 308 g/mol. The fraction of sp³-hybridized carbons (Fsp3) is 0.500.